The molecule has 3 aromatic rings. The lowest BCUT2D eigenvalue weighted by Gasteiger charge is -2.21. The summed E-state index contributed by atoms with van der Waals surface area (Å²) >= 11 is 1.42. The van der Waals surface area contributed by atoms with E-state index in [4.69, 9.17) is 10.5 Å². The molecule has 0 saturated heterocycles. The normalized spacial score (nSPS) is 11.5. The van der Waals surface area contributed by atoms with Crippen molar-refractivity contribution in [3.05, 3.63) is 67.9 Å². The molecule has 1 aromatic carbocycles. The van der Waals surface area contributed by atoms with Crippen LogP contribution in [0.5, 0.6) is 0 Å². The van der Waals surface area contributed by atoms with Crippen LogP contribution in [0.2, 0.25) is 0 Å². The van der Waals surface area contributed by atoms with Crippen LogP contribution in [0.25, 0.3) is 11.2 Å². The van der Waals surface area contributed by atoms with Crippen LogP contribution in [0.1, 0.15) is 55.3 Å². The van der Waals surface area contributed by atoms with E-state index in [-0.39, 0.29) is 33.6 Å². The maximum absolute atomic E-state index is 13.7. The molecule has 10 nitrogen and oxygen atoms in total. The monoisotopic (exact) mass is 527 g/mol. The fourth-order valence-corrected chi connectivity index (χ4v) is 4.63. The van der Waals surface area contributed by atoms with E-state index in [0.29, 0.717) is 18.2 Å². The number of hydrogen-bond donors (Lipinski definition) is 1. The lowest BCUT2D eigenvalue weighted by molar-refractivity contribution is 0.0523. The predicted octanol–water partition coefficient (Wildman–Crippen LogP) is 2.75. The number of hydrogen-bond acceptors (Lipinski definition) is 8. The van der Waals surface area contributed by atoms with Gasteiger partial charge in [-0.15, -0.1) is 0 Å². The Morgan fingerprint density at radius 2 is 1.78 bits per heavy atom. The summed E-state index contributed by atoms with van der Waals surface area (Å²) in [6.45, 7) is 9.85. The number of benzene rings is 1. The standard InChI is InChI=1S/C26H33N5O5S/c1-7-36-23(34)18-11-9-8-10-17(18)19(32)14-31-22(33)20-21(29(6)25(31)35)28-24(37-26(4,5)15-27)30(20)13-12-16(2)3/h8-12H,7,13-15,27H2,1-6H3. The molecule has 2 heterocycles. The second kappa shape index (κ2) is 11.3. The van der Waals surface area contributed by atoms with Gasteiger partial charge in [-0.25, -0.2) is 14.6 Å². The van der Waals surface area contributed by atoms with Crippen molar-refractivity contribution in [3.8, 4) is 0 Å². The Labute approximate surface area is 219 Å². The third-order valence-corrected chi connectivity index (χ3v) is 6.98. The van der Waals surface area contributed by atoms with Crippen molar-refractivity contribution in [1.29, 1.82) is 0 Å². The molecule has 0 aliphatic heterocycles. The molecule has 0 spiro atoms. The second-order valence-electron chi connectivity index (χ2n) is 9.45. The van der Waals surface area contributed by atoms with Gasteiger partial charge >= 0.3 is 11.7 Å². The Kier molecular flexibility index (Phi) is 8.60. The highest BCUT2D eigenvalue weighted by Crippen LogP contribution is 2.32. The van der Waals surface area contributed by atoms with Crippen LogP contribution in [0, 0.1) is 0 Å². The fraction of sp³-hybridized carbons (Fsp3) is 0.423. The minimum atomic E-state index is -0.680. The summed E-state index contributed by atoms with van der Waals surface area (Å²) in [5.74, 6) is -1.21. The SMILES string of the molecule is CCOC(=O)c1ccccc1C(=O)Cn1c(=O)c2c(nc(SC(C)(C)CN)n2CC=C(C)C)n(C)c1=O. The minimum absolute atomic E-state index is 0.0778. The number of imidazole rings is 1. The molecule has 3 rings (SSSR count). The zero-order chi connectivity index (χ0) is 27.5. The van der Waals surface area contributed by atoms with Crippen molar-refractivity contribution >= 4 is 34.7 Å². The first kappa shape index (κ1) is 28.1. The number of carbonyl (C=O) groups is 2. The van der Waals surface area contributed by atoms with E-state index in [1.807, 2.05) is 33.8 Å². The summed E-state index contributed by atoms with van der Waals surface area (Å²) in [6.07, 6.45) is 1.95. The van der Waals surface area contributed by atoms with Gasteiger partial charge in [0.25, 0.3) is 5.56 Å². The quantitative estimate of drug-likeness (QED) is 0.184. The van der Waals surface area contributed by atoms with Crippen LogP contribution in [-0.2, 0) is 24.9 Å². The summed E-state index contributed by atoms with van der Waals surface area (Å²) in [5, 5.41) is 0.548. The summed E-state index contributed by atoms with van der Waals surface area (Å²) < 4.78 is 8.58. The van der Waals surface area contributed by atoms with E-state index in [1.54, 1.807) is 23.6 Å². The van der Waals surface area contributed by atoms with E-state index in [1.165, 1.54) is 35.5 Å². The number of esters is 1. The lowest BCUT2D eigenvalue weighted by atomic mass is 10.0. The lowest BCUT2D eigenvalue weighted by Crippen LogP contribution is -2.41. The number of fused-ring (bicyclic) bond motifs is 1. The molecular formula is C26H33N5O5S. The van der Waals surface area contributed by atoms with Crippen molar-refractivity contribution in [2.75, 3.05) is 13.2 Å². The molecule has 0 atom stereocenters. The Morgan fingerprint density at radius 1 is 1.14 bits per heavy atom. The molecule has 0 bridgehead atoms. The zero-order valence-electron chi connectivity index (χ0n) is 22.0. The number of rotatable bonds is 10. The van der Waals surface area contributed by atoms with E-state index in [2.05, 4.69) is 4.98 Å². The smallest absolute Gasteiger partial charge is 0.338 e. The van der Waals surface area contributed by atoms with Gasteiger partial charge in [-0.2, -0.15) is 0 Å². The van der Waals surface area contributed by atoms with Crippen molar-refractivity contribution in [1.82, 2.24) is 18.7 Å². The van der Waals surface area contributed by atoms with Gasteiger partial charge in [0.05, 0.1) is 18.7 Å². The van der Waals surface area contributed by atoms with Gasteiger partial charge in [0.15, 0.2) is 22.1 Å². The molecule has 0 aliphatic carbocycles. The van der Waals surface area contributed by atoms with Gasteiger partial charge in [0.2, 0.25) is 0 Å². The number of ketones is 1. The number of thioether (sulfide) groups is 1. The molecule has 2 N–H and O–H groups in total. The van der Waals surface area contributed by atoms with Crippen LogP contribution in [0.4, 0.5) is 0 Å². The third-order valence-electron chi connectivity index (χ3n) is 5.76. The molecule has 0 unspecified atom stereocenters. The molecule has 2 aromatic heterocycles. The van der Waals surface area contributed by atoms with Crippen LogP contribution in [0.15, 0.2) is 50.7 Å². The van der Waals surface area contributed by atoms with Gasteiger partial charge < -0.3 is 15.0 Å². The third kappa shape index (κ3) is 5.94. The van der Waals surface area contributed by atoms with E-state index in [0.717, 1.165) is 10.1 Å². The van der Waals surface area contributed by atoms with Gasteiger partial charge in [-0.1, -0.05) is 41.6 Å². The maximum Gasteiger partial charge on any atom is 0.338 e. The molecule has 0 aliphatic rings. The first-order chi connectivity index (χ1) is 17.4. The fourth-order valence-electron chi connectivity index (χ4n) is 3.64. The number of allylic oxidation sites excluding steroid dienone is 2. The average Bonchev–Trinajstić information content (AvgIpc) is 3.21. The average molecular weight is 528 g/mol. The topological polar surface area (TPSA) is 131 Å². The minimum Gasteiger partial charge on any atom is -0.462 e. The van der Waals surface area contributed by atoms with Crippen molar-refractivity contribution in [3.63, 3.8) is 0 Å². The number of ether oxygens (including phenoxy) is 1. The van der Waals surface area contributed by atoms with Crippen molar-refractivity contribution < 1.29 is 14.3 Å². The van der Waals surface area contributed by atoms with Gasteiger partial charge in [-0.3, -0.25) is 18.7 Å². The van der Waals surface area contributed by atoms with E-state index >= 15 is 0 Å². The van der Waals surface area contributed by atoms with E-state index < -0.39 is 29.5 Å². The molecule has 198 valence electrons. The van der Waals surface area contributed by atoms with Crippen molar-refractivity contribution in [2.45, 2.75) is 57.6 Å². The Bertz CT molecular complexity index is 1490. The molecular weight excluding hydrogens is 494 g/mol. The Morgan fingerprint density at radius 3 is 2.38 bits per heavy atom. The number of aromatic nitrogens is 4. The molecule has 0 radical (unpaired) electrons. The number of nitrogens with two attached hydrogens (primary N) is 1. The van der Waals surface area contributed by atoms with Gasteiger partial charge in [0.1, 0.15) is 0 Å². The first-order valence-electron chi connectivity index (χ1n) is 11.9. The second-order valence-corrected chi connectivity index (χ2v) is 11.1. The summed E-state index contributed by atoms with van der Waals surface area (Å²) in [5.41, 5.74) is 6.26. The number of nitrogens with zero attached hydrogens (tertiary/aromatic N) is 4. The highest BCUT2D eigenvalue weighted by molar-refractivity contribution is 8.00. The van der Waals surface area contributed by atoms with E-state index in [9.17, 15) is 19.2 Å². The molecule has 0 amide bonds. The largest absolute Gasteiger partial charge is 0.462 e. The number of carbonyl (C=O) groups excluding carboxylic acids is 2. The Balaban J connectivity index is 2.19. The molecule has 0 fully saturated rings. The summed E-state index contributed by atoms with van der Waals surface area (Å²) in [6, 6.07) is 6.18. The predicted molar refractivity (Wildman–Crippen MR) is 144 cm³/mol. The summed E-state index contributed by atoms with van der Waals surface area (Å²) in [7, 11) is 1.51. The molecule has 0 saturated carbocycles. The Hall–Kier alpha value is -3.44. The summed E-state index contributed by atoms with van der Waals surface area (Å²) in [4.78, 5) is 57.2. The molecule has 11 heteroatoms. The maximum atomic E-state index is 13.7. The van der Waals surface area contributed by atoms with Crippen LogP contribution in [-0.4, -0.2) is 48.3 Å². The number of Topliss-reactive ketones (excluding diaryl/α,β-unsaturated/α-hetero) is 1. The molecule has 37 heavy (non-hydrogen) atoms. The zero-order valence-corrected chi connectivity index (χ0v) is 22.8. The van der Waals surface area contributed by atoms with Crippen LogP contribution < -0.4 is 17.0 Å². The highest BCUT2D eigenvalue weighted by Gasteiger charge is 2.26. The van der Waals surface area contributed by atoms with Gasteiger partial charge in [-0.05, 0) is 40.7 Å². The van der Waals surface area contributed by atoms with Crippen LogP contribution >= 0.6 is 11.8 Å². The van der Waals surface area contributed by atoms with Crippen LogP contribution in [0.3, 0.4) is 0 Å². The first-order valence-corrected chi connectivity index (χ1v) is 12.7. The number of aryl methyl sites for hydroxylation is 1. The van der Waals surface area contributed by atoms with Crippen molar-refractivity contribution in [2.24, 2.45) is 12.8 Å². The highest BCUT2D eigenvalue weighted by atomic mass is 32.2. The van der Waals surface area contributed by atoms with Gasteiger partial charge in [0, 0.05) is 30.4 Å².